The number of hydrogen-bond donors (Lipinski definition) is 3. The number of aliphatic carboxylic acids is 1. The molecule has 0 rings (SSSR count). The maximum atomic E-state index is 12.7. The van der Waals surface area contributed by atoms with Gasteiger partial charge in [-0.1, -0.05) is 186 Å². The molecule has 0 aliphatic rings. The van der Waals surface area contributed by atoms with Crippen LogP contribution in [0.1, 0.15) is 232 Å². The molecule has 7 nitrogen and oxygen atoms in total. The number of ether oxygens (including phenoxy) is 1. The molecule has 2 unspecified atom stereocenters. The summed E-state index contributed by atoms with van der Waals surface area (Å²) in [6, 6.07) is -0.872. The van der Waals surface area contributed by atoms with Crippen molar-refractivity contribution in [1.29, 1.82) is 0 Å². The third-order valence-electron chi connectivity index (χ3n) is 10.2. The van der Waals surface area contributed by atoms with Crippen molar-refractivity contribution in [3.8, 4) is 0 Å². The Labute approximate surface area is 327 Å². The first kappa shape index (κ1) is 50.9. The fraction of sp³-hybridized carbons (Fsp3) is 0.848. The Kier molecular flexibility index (Phi) is 39.4. The molecule has 0 aromatic rings. The molecule has 1 amide bonds. The number of carboxylic acid groups (broad SMARTS) is 1. The number of carbonyl (C=O) groups is 3. The van der Waals surface area contributed by atoms with E-state index in [1.54, 1.807) is 0 Å². The summed E-state index contributed by atoms with van der Waals surface area (Å²) in [6.45, 7) is 4.86. The molecular weight excluding hydrogens is 661 g/mol. The number of hydrogen-bond acceptors (Lipinski definition) is 5. The van der Waals surface area contributed by atoms with E-state index in [9.17, 15) is 19.5 Å². The molecule has 4 N–H and O–H groups in total. The first-order valence-electron chi connectivity index (χ1n) is 22.7. The minimum atomic E-state index is -1.02. The lowest BCUT2D eigenvalue weighted by Gasteiger charge is -2.15. The summed E-state index contributed by atoms with van der Waals surface area (Å²) in [7, 11) is 0. The van der Waals surface area contributed by atoms with Gasteiger partial charge >= 0.3 is 11.9 Å². The van der Waals surface area contributed by atoms with Crippen molar-refractivity contribution in [1.82, 2.24) is 5.32 Å². The Morgan fingerprint density at radius 2 is 1.04 bits per heavy atom. The van der Waals surface area contributed by atoms with E-state index in [4.69, 9.17) is 10.5 Å². The van der Waals surface area contributed by atoms with Crippen LogP contribution in [0.15, 0.2) is 24.3 Å². The largest absolute Gasteiger partial charge is 0.480 e. The van der Waals surface area contributed by atoms with Gasteiger partial charge in [0.15, 0.2) is 0 Å². The van der Waals surface area contributed by atoms with E-state index in [2.05, 4.69) is 37.4 Å². The molecule has 0 aromatic heterocycles. The smallest absolute Gasteiger partial charge is 0.326 e. The summed E-state index contributed by atoms with van der Waals surface area (Å²) >= 11 is 0. The predicted molar refractivity (Wildman–Crippen MR) is 225 cm³/mol. The van der Waals surface area contributed by atoms with Crippen LogP contribution in [0.3, 0.4) is 0 Å². The van der Waals surface area contributed by atoms with Crippen LogP contribution in [-0.2, 0) is 19.1 Å². The third-order valence-corrected chi connectivity index (χ3v) is 10.2. The van der Waals surface area contributed by atoms with E-state index in [1.807, 2.05) is 6.08 Å². The van der Waals surface area contributed by atoms with E-state index < -0.39 is 12.0 Å². The SMILES string of the molecule is CCC/C=C\C/C=C\C(CCCCCCC(=O)NC(CCCN)C(=O)O)OC(=O)CCCCCCCCCCCCCCCCCCCCCCCC. The average Bonchev–Trinajstić information content (AvgIpc) is 3.14. The fourth-order valence-corrected chi connectivity index (χ4v) is 6.82. The van der Waals surface area contributed by atoms with Gasteiger partial charge in [-0.2, -0.15) is 0 Å². The fourth-order valence-electron chi connectivity index (χ4n) is 6.82. The van der Waals surface area contributed by atoms with Crippen molar-refractivity contribution in [2.24, 2.45) is 5.73 Å². The summed E-state index contributed by atoms with van der Waals surface area (Å²) in [5, 5.41) is 11.9. The lowest BCUT2D eigenvalue weighted by Crippen LogP contribution is -2.40. The molecule has 0 saturated heterocycles. The normalized spacial score (nSPS) is 12.8. The zero-order valence-electron chi connectivity index (χ0n) is 34.9. The van der Waals surface area contributed by atoms with Gasteiger partial charge in [0.2, 0.25) is 5.91 Å². The molecule has 0 aliphatic carbocycles. The Morgan fingerprint density at radius 1 is 0.566 bits per heavy atom. The molecule has 0 radical (unpaired) electrons. The standard InChI is InChI=1S/C46H86N2O5/c1-3-5-7-9-11-12-13-14-15-16-17-18-19-20-21-22-23-24-25-26-28-34-40-45(50)53-42(36-31-27-10-8-6-4-2)37-32-29-30-33-39-44(49)48-43(46(51)52)38-35-41-47/h8,10,31,36,42-43H,3-7,9,11-30,32-35,37-41,47H2,1-2H3,(H,48,49)(H,51,52)/b10-8-,36-31-. The highest BCUT2D eigenvalue weighted by molar-refractivity contribution is 5.83. The van der Waals surface area contributed by atoms with E-state index in [-0.39, 0.29) is 18.0 Å². The molecule has 0 saturated carbocycles. The molecule has 2 atom stereocenters. The van der Waals surface area contributed by atoms with Gasteiger partial charge in [0.05, 0.1) is 0 Å². The van der Waals surface area contributed by atoms with Crippen LogP contribution in [0.25, 0.3) is 0 Å². The van der Waals surface area contributed by atoms with Gasteiger partial charge in [0.25, 0.3) is 0 Å². The number of nitrogens with one attached hydrogen (secondary N) is 1. The lowest BCUT2D eigenvalue weighted by molar-refractivity contribution is -0.147. The minimum absolute atomic E-state index is 0.103. The van der Waals surface area contributed by atoms with E-state index in [0.717, 1.165) is 57.8 Å². The average molecular weight is 747 g/mol. The van der Waals surface area contributed by atoms with Gasteiger partial charge in [-0.05, 0) is 64.0 Å². The van der Waals surface area contributed by atoms with Crippen LogP contribution in [0, 0.1) is 0 Å². The van der Waals surface area contributed by atoms with Crippen molar-refractivity contribution in [3.63, 3.8) is 0 Å². The number of nitrogens with two attached hydrogens (primary N) is 1. The molecule has 0 aliphatic heterocycles. The summed E-state index contributed by atoms with van der Waals surface area (Å²) in [4.78, 5) is 36.2. The number of unbranched alkanes of at least 4 members (excludes halogenated alkanes) is 25. The Bertz CT molecular complexity index is 889. The first-order valence-corrected chi connectivity index (χ1v) is 22.7. The van der Waals surface area contributed by atoms with Gasteiger partial charge in [-0.15, -0.1) is 0 Å². The quantitative estimate of drug-likeness (QED) is 0.0325. The second kappa shape index (κ2) is 41.0. The van der Waals surface area contributed by atoms with Gasteiger partial charge < -0.3 is 20.9 Å². The summed E-state index contributed by atoms with van der Waals surface area (Å²) < 4.78 is 5.89. The maximum absolute atomic E-state index is 12.7. The molecular formula is C46H86N2O5. The molecule has 0 aromatic carbocycles. The Balaban J connectivity index is 3.99. The van der Waals surface area contributed by atoms with Crippen LogP contribution in [0.5, 0.6) is 0 Å². The Hall–Kier alpha value is -2.15. The number of carboxylic acids is 1. The van der Waals surface area contributed by atoms with Crippen molar-refractivity contribution >= 4 is 17.8 Å². The van der Waals surface area contributed by atoms with Crippen molar-refractivity contribution in [2.75, 3.05) is 6.54 Å². The minimum Gasteiger partial charge on any atom is -0.480 e. The van der Waals surface area contributed by atoms with E-state index >= 15 is 0 Å². The zero-order valence-corrected chi connectivity index (χ0v) is 34.9. The van der Waals surface area contributed by atoms with Crippen molar-refractivity contribution < 1.29 is 24.2 Å². The lowest BCUT2D eigenvalue weighted by atomic mass is 10.0. The van der Waals surface area contributed by atoms with Crippen LogP contribution < -0.4 is 11.1 Å². The molecule has 0 fully saturated rings. The van der Waals surface area contributed by atoms with Crippen LogP contribution in [-0.4, -0.2) is 41.6 Å². The summed E-state index contributed by atoms with van der Waals surface area (Å²) in [6.07, 6.45) is 47.0. The van der Waals surface area contributed by atoms with Crippen LogP contribution in [0.4, 0.5) is 0 Å². The number of rotatable bonds is 41. The van der Waals surface area contributed by atoms with Crippen molar-refractivity contribution in [3.05, 3.63) is 24.3 Å². The summed E-state index contributed by atoms with van der Waals surface area (Å²) in [5.74, 6) is -1.35. The Morgan fingerprint density at radius 3 is 1.51 bits per heavy atom. The molecule has 53 heavy (non-hydrogen) atoms. The number of amides is 1. The second-order valence-corrected chi connectivity index (χ2v) is 15.5. The predicted octanol–water partition coefficient (Wildman–Crippen LogP) is 12.8. The first-order chi connectivity index (χ1) is 25.9. The second-order valence-electron chi connectivity index (χ2n) is 15.5. The molecule has 0 spiro atoms. The molecule has 0 bridgehead atoms. The highest BCUT2D eigenvalue weighted by Gasteiger charge is 2.19. The topological polar surface area (TPSA) is 119 Å². The van der Waals surface area contributed by atoms with Crippen LogP contribution >= 0.6 is 0 Å². The third kappa shape index (κ3) is 37.9. The molecule has 310 valence electrons. The maximum Gasteiger partial charge on any atom is 0.326 e. The van der Waals surface area contributed by atoms with E-state index in [0.29, 0.717) is 38.6 Å². The van der Waals surface area contributed by atoms with Gasteiger partial charge in [-0.3, -0.25) is 9.59 Å². The highest BCUT2D eigenvalue weighted by Crippen LogP contribution is 2.17. The monoisotopic (exact) mass is 747 g/mol. The number of carbonyl (C=O) groups excluding carboxylic acids is 2. The van der Waals surface area contributed by atoms with E-state index in [1.165, 1.54) is 128 Å². The summed E-state index contributed by atoms with van der Waals surface area (Å²) in [5.41, 5.74) is 5.48. The van der Waals surface area contributed by atoms with Gasteiger partial charge in [0.1, 0.15) is 12.1 Å². The van der Waals surface area contributed by atoms with Gasteiger partial charge in [-0.25, -0.2) is 4.79 Å². The molecule has 7 heteroatoms. The highest BCUT2D eigenvalue weighted by atomic mass is 16.5. The van der Waals surface area contributed by atoms with Crippen LogP contribution in [0.2, 0.25) is 0 Å². The number of allylic oxidation sites excluding steroid dienone is 3. The number of esters is 1. The van der Waals surface area contributed by atoms with Crippen molar-refractivity contribution in [2.45, 2.75) is 244 Å². The van der Waals surface area contributed by atoms with Gasteiger partial charge in [0, 0.05) is 12.8 Å². The zero-order chi connectivity index (χ0) is 38.9. The molecule has 0 heterocycles.